The Morgan fingerprint density at radius 2 is 1.88 bits per heavy atom. The molecule has 0 atom stereocenters. The van der Waals surface area contributed by atoms with Gasteiger partial charge in [0, 0.05) is 42.8 Å². The third kappa shape index (κ3) is 4.02. The molecule has 1 heterocycles. The molecule has 0 N–H and O–H groups in total. The summed E-state index contributed by atoms with van der Waals surface area (Å²) < 4.78 is 14.7. The summed E-state index contributed by atoms with van der Waals surface area (Å²) in [5.41, 5.74) is 2.24. The van der Waals surface area contributed by atoms with E-state index in [-0.39, 0.29) is 11.7 Å². The lowest BCUT2D eigenvalue weighted by molar-refractivity contribution is 0.0628. The molecule has 1 aliphatic heterocycles. The number of halogens is 2. The van der Waals surface area contributed by atoms with Crippen molar-refractivity contribution in [3.05, 3.63) is 69.4 Å². The van der Waals surface area contributed by atoms with Crippen LogP contribution in [0.5, 0.6) is 0 Å². The fraction of sp³-hybridized carbons (Fsp3) is 0.316. The number of rotatable bonds is 3. The second-order valence-electron chi connectivity index (χ2n) is 6.16. The molecule has 3 nitrogen and oxygen atoms in total. The first-order chi connectivity index (χ1) is 11.5. The van der Waals surface area contributed by atoms with Gasteiger partial charge in [-0.05, 0) is 42.3 Å². The molecule has 1 fully saturated rings. The fourth-order valence-electron chi connectivity index (χ4n) is 2.91. The smallest absolute Gasteiger partial charge is 0.254 e. The Morgan fingerprint density at radius 1 is 1.12 bits per heavy atom. The minimum Gasteiger partial charge on any atom is -0.336 e. The Morgan fingerprint density at radius 3 is 2.54 bits per heavy atom. The predicted molar refractivity (Wildman–Crippen MR) is 96.5 cm³/mol. The van der Waals surface area contributed by atoms with Crippen LogP contribution in [0.15, 0.2) is 46.9 Å². The van der Waals surface area contributed by atoms with E-state index in [0.717, 1.165) is 24.1 Å². The number of amides is 1. The summed E-state index contributed by atoms with van der Waals surface area (Å²) in [6.45, 7) is 5.56. The first-order valence-corrected chi connectivity index (χ1v) is 8.84. The highest BCUT2D eigenvalue weighted by atomic mass is 79.9. The van der Waals surface area contributed by atoms with Crippen LogP contribution >= 0.6 is 15.9 Å². The number of piperazine rings is 1. The topological polar surface area (TPSA) is 23.6 Å². The summed E-state index contributed by atoms with van der Waals surface area (Å²) in [5, 5.41) is 0. The number of carbonyl (C=O) groups is 1. The second-order valence-corrected chi connectivity index (χ2v) is 7.08. The summed E-state index contributed by atoms with van der Waals surface area (Å²) in [5.74, 6) is -0.412. The molecule has 3 rings (SSSR count). The lowest BCUT2D eigenvalue weighted by atomic mass is 10.1. The molecule has 24 heavy (non-hydrogen) atoms. The molecule has 0 bridgehead atoms. The molecule has 1 saturated heterocycles. The van der Waals surface area contributed by atoms with Gasteiger partial charge in [0.1, 0.15) is 5.82 Å². The van der Waals surface area contributed by atoms with Gasteiger partial charge >= 0.3 is 0 Å². The van der Waals surface area contributed by atoms with Crippen molar-refractivity contribution in [2.75, 3.05) is 26.2 Å². The molecule has 0 aliphatic carbocycles. The van der Waals surface area contributed by atoms with Crippen LogP contribution in [0.1, 0.15) is 21.5 Å². The zero-order chi connectivity index (χ0) is 17.1. The van der Waals surface area contributed by atoms with E-state index in [0.29, 0.717) is 24.2 Å². The molecule has 0 radical (unpaired) electrons. The zero-order valence-corrected chi connectivity index (χ0v) is 15.2. The number of nitrogens with zero attached hydrogens (tertiary/aromatic N) is 2. The molecular formula is C19H20BrFN2O. The van der Waals surface area contributed by atoms with Crippen molar-refractivity contribution in [1.29, 1.82) is 0 Å². The molecule has 2 aromatic carbocycles. The summed E-state index contributed by atoms with van der Waals surface area (Å²) in [6, 6.07) is 13.0. The van der Waals surface area contributed by atoms with E-state index >= 15 is 0 Å². The Hall–Kier alpha value is -1.72. The molecular weight excluding hydrogens is 371 g/mol. The molecule has 126 valence electrons. The first-order valence-electron chi connectivity index (χ1n) is 8.05. The van der Waals surface area contributed by atoms with E-state index in [2.05, 4.69) is 33.0 Å². The second kappa shape index (κ2) is 7.45. The van der Waals surface area contributed by atoms with Gasteiger partial charge < -0.3 is 4.90 Å². The molecule has 0 unspecified atom stereocenters. The normalized spacial score (nSPS) is 15.5. The Kier molecular flexibility index (Phi) is 5.31. The van der Waals surface area contributed by atoms with E-state index in [1.807, 2.05) is 17.0 Å². The van der Waals surface area contributed by atoms with Crippen molar-refractivity contribution in [3.63, 3.8) is 0 Å². The van der Waals surface area contributed by atoms with Gasteiger partial charge in [-0.15, -0.1) is 0 Å². The average Bonchev–Trinajstić information content (AvgIpc) is 2.57. The lowest BCUT2D eigenvalue weighted by Gasteiger charge is -2.34. The predicted octanol–water partition coefficient (Wildman–Crippen LogP) is 3.85. The van der Waals surface area contributed by atoms with Crippen molar-refractivity contribution >= 4 is 21.8 Å². The minimum atomic E-state index is -0.325. The maximum absolute atomic E-state index is 13.7. The number of carbonyl (C=O) groups excluding carboxylic acids is 1. The van der Waals surface area contributed by atoms with Crippen LogP contribution in [0.3, 0.4) is 0 Å². The number of hydrogen-bond donors (Lipinski definition) is 0. The Balaban J connectivity index is 1.58. The lowest BCUT2D eigenvalue weighted by Crippen LogP contribution is -2.48. The van der Waals surface area contributed by atoms with Crippen molar-refractivity contribution < 1.29 is 9.18 Å². The van der Waals surface area contributed by atoms with Crippen LogP contribution in [0.25, 0.3) is 0 Å². The Bertz CT molecular complexity index is 742. The molecule has 1 amide bonds. The first kappa shape index (κ1) is 17.1. The number of benzene rings is 2. The zero-order valence-electron chi connectivity index (χ0n) is 13.6. The fourth-order valence-corrected chi connectivity index (χ4v) is 3.36. The summed E-state index contributed by atoms with van der Waals surface area (Å²) in [7, 11) is 0. The van der Waals surface area contributed by atoms with E-state index in [1.165, 1.54) is 11.6 Å². The Labute approximate surface area is 150 Å². The van der Waals surface area contributed by atoms with Gasteiger partial charge in [0.05, 0.1) is 0 Å². The largest absolute Gasteiger partial charge is 0.336 e. The molecule has 0 spiro atoms. The van der Waals surface area contributed by atoms with Gasteiger partial charge in [-0.1, -0.05) is 34.1 Å². The average molecular weight is 391 g/mol. The maximum atomic E-state index is 13.7. The van der Waals surface area contributed by atoms with E-state index < -0.39 is 0 Å². The van der Waals surface area contributed by atoms with Crippen LogP contribution < -0.4 is 0 Å². The van der Waals surface area contributed by atoms with Crippen molar-refractivity contribution in [2.45, 2.75) is 13.5 Å². The van der Waals surface area contributed by atoms with Crippen LogP contribution in [0.4, 0.5) is 4.39 Å². The third-order valence-electron chi connectivity index (χ3n) is 4.37. The van der Waals surface area contributed by atoms with Gasteiger partial charge in [0.15, 0.2) is 0 Å². The number of hydrogen-bond acceptors (Lipinski definition) is 2. The van der Waals surface area contributed by atoms with E-state index in [1.54, 1.807) is 19.1 Å². The van der Waals surface area contributed by atoms with Crippen LogP contribution in [0.2, 0.25) is 0 Å². The van der Waals surface area contributed by atoms with Gasteiger partial charge in [0.25, 0.3) is 5.91 Å². The molecule has 0 aromatic heterocycles. The van der Waals surface area contributed by atoms with Crippen LogP contribution in [-0.2, 0) is 6.54 Å². The highest BCUT2D eigenvalue weighted by molar-refractivity contribution is 9.10. The van der Waals surface area contributed by atoms with Crippen molar-refractivity contribution in [2.24, 2.45) is 0 Å². The van der Waals surface area contributed by atoms with E-state index in [4.69, 9.17) is 0 Å². The SMILES string of the molecule is Cc1ccc(C(=O)N2CCN(Cc3cccc(Br)c3)CC2)cc1F. The minimum absolute atomic E-state index is 0.0870. The molecule has 0 saturated carbocycles. The van der Waals surface area contributed by atoms with Crippen LogP contribution in [-0.4, -0.2) is 41.9 Å². The van der Waals surface area contributed by atoms with E-state index in [9.17, 15) is 9.18 Å². The summed E-state index contributed by atoms with van der Waals surface area (Å²) in [4.78, 5) is 16.6. The monoisotopic (exact) mass is 390 g/mol. The third-order valence-corrected chi connectivity index (χ3v) is 4.87. The summed E-state index contributed by atoms with van der Waals surface area (Å²) >= 11 is 3.49. The van der Waals surface area contributed by atoms with Gasteiger partial charge in [-0.25, -0.2) is 4.39 Å². The maximum Gasteiger partial charge on any atom is 0.254 e. The highest BCUT2D eigenvalue weighted by Crippen LogP contribution is 2.16. The standard InChI is InChI=1S/C19H20BrFN2O/c1-14-5-6-16(12-18(14)21)19(24)23-9-7-22(8-10-23)13-15-3-2-4-17(20)11-15/h2-6,11-12H,7-10,13H2,1H3. The highest BCUT2D eigenvalue weighted by Gasteiger charge is 2.22. The summed E-state index contributed by atoms with van der Waals surface area (Å²) in [6.07, 6.45) is 0. The molecule has 2 aromatic rings. The number of aryl methyl sites for hydroxylation is 1. The van der Waals surface area contributed by atoms with Gasteiger partial charge in [-0.3, -0.25) is 9.69 Å². The molecule has 1 aliphatic rings. The molecule has 5 heteroatoms. The van der Waals surface area contributed by atoms with Crippen molar-refractivity contribution in [1.82, 2.24) is 9.80 Å². The van der Waals surface area contributed by atoms with Gasteiger partial charge in [0.2, 0.25) is 0 Å². The van der Waals surface area contributed by atoms with Crippen LogP contribution in [0, 0.1) is 12.7 Å². The van der Waals surface area contributed by atoms with Gasteiger partial charge in [-0.2, -0.15) is 0 Å². The van der Waals surface area contributed by atoms with Crippen molar-refractivity contribution in [3.8, 4) is 0 Å². The quantitative estimate of drug-likeness (QED) is 0.794.